The van der Waals surface area contributed by atoms with Crippen LogP contribution >= 0.6 is 22.9 Å². The molecular formula is C14H10ClN5O2S. The third kappa shape index (κ3) is 3.43. The van der Waals surface area contributed by atoms with E-state index in [0.717, 1.165) is 16.0 Å². The van der Waals surface area contributed by atoms with E-state index < -0.39 is 0 Å². The Morgan fingerprint density at radius 1 is 1.13 bits per heavy atom. The van der Waals surface area contributed by atoms with E-state index in [1.165, 1.54) is 12.1 Å². The molecule has 9 heteroatoms. The molecule has 0 bridgehead atoms. The van der Waals surface area contributed by atoms with Gasteiger partial charge in [-0.25, -0.2) is 4.98 Å². The normalized spacial score (nSPS) is 11.2. The van der Waals surface area contributed by atoms with Crippen molar-refractivity contribution in [2.45, 2.75) is 6.92 Å². The van der Waals surface area contributed by atoms with Gasteiger partial charge in [-0.15, -0.1) is 10.2 Å². The van der Waals surface area contributed by atoms with Gasteiger partial charge in [0.05, 0.1) is 11.4 Å². The van der Waals surface area contributed by atoms with Crippen LogP contribution in [0.1, 0.15) is 5.69 Å². The van der Waals surface area contributed by atoms with Crippen molar-refractivity contribution in [2.24, 2.45) is 10.2 Å². The first kappa shape index (κ1) is 15.3. The molecule has 116 valence electrons. The lowest BCUT2D eigenvalue weighted by atomic mass is 10.3. The topological polar surface area (TPSA) is 92.5 Å². The van der Waals surface area contributed by atoms with Crippen LogP contribution < -0.4 is 11.1 Å². The Kier molecular flexibility index (Phi) is 4.18. The number of hydrogen-bond acceptors (Lipinski definition) is 6. The highest BCUT2D eigenvalue weighted by Gasteiger charge is 2.10. The third-order valence-electron chi connectivity index (χ3n) is 2.85. The quantitative estimate of drug-likeness (QED) is 0.736. The van der Waals surface area contributed by atoms with Crippen molar-refractivity contribution in [2.75, 3.05) is 0 Å². The second-order valence-electron chi connectivity index (χ2n) is 4.55. The number of aromatic amines is 1. The number of benzene rings is 1. The third-order valence-corrected chi connectivity index (χ3v) is 4.13. The van der Waals surface area contributed by atoms with Gasteiger partial charge in [0.25, 0.3) is 11.1 Å². The summed E-state index contributed by atoms with van der Waals surface area (Å²) >= 11 is 6.96. The van der Waals surface area contributed by atoms with E-state index in [9.17, 15) is 9.59 Å². The molecule has 0 spiro atoms. The van der Waals surface area contributed by atoms with Crippen molar-refractivity contribution in [3.8, 4) is 5.13 Å². The average molecular weight is 348 g/mol. The molecular weight excluding hydrogens is 338 g/mol. The largest absolute Gasteiger partial charge is 0.272 e. The van der Waals surface area contributed by atoms with Gasteiger partial charge in [-0.3, -0.25) is 14.7 Å². The van der Waals surface area contributed by atoms with Crippen LogP contribution in [0.2, 0.25) is 5.02 Å². The van der Waals surface area contributed by atoms with Crippen LogP contribution in [0.25, 0.3) is 5.13 Å². The Bertz CT molecular complexity index is 987. The first-order chi connectivity index (χ1) is 11.0. The van der Waals surface area contributed by atoms with Crippen LogP contribution in [0.4, 0.5) is 10.7 Å². The zero-order chi connectivity index (χ0) is 16.4. The van der Waals surface area contributed by atoms with Gasteiger partial charge in [-0.1, -0.05) is 22.9 Å². The standard InChI is InChI=1S/C14H10ClN5O2S/c1-8-13(18-17-10-4-2-9(15)3-5-10)23-14(16-8)20-12(22)7-6-11(21)19-20/h2-7H,1H3,(H,19,21). The minimum Gasteiger partial charge on any atom is -0.268 e. The van der Waals surface area contributed by atoms with Crippen molar-refractivity contribution >= 4 is 33.6 Å². The van der Waals surface area contributed by atoms with Gasteiger partial charge in [-0.2, -0.15) is 4.68 Å². The molecule has 2 aromatic heterocycles. The summed E-state index contributed by atoms with van der Waals surface area (Å²) in [5, 5.41) is 12.2. The zero-order valence-corrected chi connectivity index (χ0v) is 13.4. The molecule has 0 aliphatic heterocycles. The van der Waals surface area contributed by atoms with E-state index in [1.54, 1.807) is 31.2 Å². The van der Waals surface area contributed by atoms with Gasteiger partial charge in [0.1, 0.15) is 0 Å². The maximum absolute atomic E-state index is 11.8. The van der Waals surface area contributed by atoms with Crippen molar-refractivity contribution in [1.29, 1.82) is 0 Å². The van der Waals surface area contributed by atoms with Crippen molar-refractivity contribution in [3.05, 3.63) is 67.8 Å². The van der Waals surface area contributed by atoms with Gasteiger partial charge in [0, 0.05) is 17.2 Å². The molecule has 0 radical (unpaired) electrons. The lowest BCUT2D eigenvalue weighted by Crippen LogP contribution is -2.26. The van der Waals surface area contributed by atoms with Crippen LogP contribution in [0.5, 0.6) is 0 Å². The minimum atomic E-state index is -0.387. The molecule has 0 saturated carbocycles. The number of nitrogens with zero attached hydrogens (tertiary/aromatic N) is 4. The first-order valence-corrected chi connectivity index (χ1v) is 7.70. The highest BCUT2D eigenvalue weighted by atomic mass is 35.5. The molecule has 0 saturated heterocycles. The number of rotatable bonds is 3. The van der Waals surface area contributed by atoms with Crippen LogP contribution in [0.3, 0.4) is 0 Å². The van der Waals surface area contributed by atoms with Crippen molar-refractivity contribution in [3.63, 3.8) is 0 Å². The van der Waals surface area contributed by atoms with Gasteiger partial charge in [0.2, 0.25) is 5.13 Å². The van der Waals surface area contributed by atoms with E-state index in [-0.39, 0.29) is 11.1 Å². The fourth-order valence-electron chi connectivity index (χ4n) is 1.74. The maximum atomic E-state index is 11.8. The summed E-state index contributed by atoms with van der Waals surface area (Å²) in [4.78, 5) is 27.4. The summed E-state index contributed by atoms with van der Waals surface area (Å²) < 4.78 is 1.08. The molecule has 0 fully saturated rings. The smallest absolute Gasteiger partial charge is 0.268 e. The molecule has 3 aromatic rings. The number of nitrogens with one attached hydrogen (secondary N) is 1. The number of thiazole rings is 1. The van der Waals surface area contributed by atoms with E-state index in [1.807, 2.05) is 0 Å². The van der Waals surface area contributed by atoms with E-state index in [0.29, 0.717) is 26.5 Å². The van der Waals surface area contributed by atoms with Crippen LogP contribution in [-0.4, -0.2) is 14.8 Å². The molecule has 0 unspecified atom stereocenters. The van der Waals surface area contributed by atoms with Crippen LogP contribution in [0.15, 0.2) is 56.2 Å². The van der Waals surface area contributed by atoms with Gasteiger partial charge in [-0.05, 0) is 31.2 Å². The van der Waals surface area contributed by atoms with Gasteiger partial charge < -0.3 is 0 Å². The fourth-order valence-corrected chi connectivity index (χ4v) is 2.72. The highest BCUT2D eigenvalue weighted by Crippen LogP contribution is 2.30. The van der Waals surface area contributed by atoms with Crippen LogP contribution in [-0.2, 0) is 0 Å². The van der Waals surface area contributed by atoms with E-state index in [2.05, 4.69) is 20.3 Å². The molecule has 7 nitrogen and oxygen atoms in total. The number of aromatic nitrogens is 3. The van der Waals surface area contributed by atoms with E-state index >= 15 is 0 Å². The maximum Gasteiger partial charge on any atom is 0.272 e. The predicted molar refractivity (Wildman–Crippen MR) is 88.7 cm³/mol. The fraction of sp³-hybridized carbons (Fsp3) is 0.0714. The van der Waals surface area contributed by atoms with Crippen molar-refractivity contribution < 1.29 is 0 Å². The molecule has 1 aromatic carbocycles. The summed E-state index contributed by atoms with van der Waals surface area (Å²) in [5.41, 5.74) is 0.495. The Hall–Kier alpha value is -2.58. The molecule has 2 heterocycles. The summed E-state index contributed by atoms with van der Waals surface area (Å²) in [6.07, 6.45) is 0. The molecule has 23 heavy (non-hydrogen) atoms. The summed E-state index contributed by atoms with van der Waals surface area (Å²) in [6, 6.07) is 9.26. The SMILES string of the molecule is Cc1nc(-n2[nH]c(=O)ccc2=O)sc1N=Nc1ccc(Cl)cc1. The molecule has 0 aliphatic carbocycles. The monoisotopic (exact) mass is 347 g/mol. The molecule has 0 aliphatic rings. The minimum absolute atomic E-state index is 0.329. The lowest BCUT2D eigenvalue weighted by Gasteiger charge is -1.97. The summed E-state index contributed by atoms with van der Waals surface area (Å²) in [7, 11) is 0. The molecule has 3 rings (SSSR count). The zero-order valence-electron chi connectivity index (χ0n) is 11.9. The lowest BCUT2D eigenvalue weighted by molar-refractivity contribution is 0.777. The molecule has 0 atom stereocenters. The van der Waals surface area contributed by atoms with Gasteiger partial charge in [0.15, 0.2) is 5.00 Å². The number of halogens is 1. The Balaban J connectivity index is 1.95. The summed E-state index contributed by atoms with van der Waals surface area (Å²) in [6.45, 7) is 1.75. The Labute approximate surface area is 138 Å². The second-order valence-corrected chi connectivity index (χ2v) is 5.94. The number of aryl methyl sites for hydroxylation is 1. The number of azo groups is 1. The first-order valence-electron chi connectivity index (χ1n) is 6.50. The summed E-state index contributed by atoms with van der Waals surface area (Å²) in [5.74, 6) is 0. The van der Waals surface area contributed by atoms with Gasteiger partial charge >= 0.3 is 0 Å². The number of H-pyrrole nitrogens is 1. The molecule has 1 N–H and O–H groups in total. The van der Waals surface area contributed by atoms with E-state index in [4.69, 9.17) is 11.6 Å². The average Bonchev–Trinajstić information content (AvgIpc) is 2.90. The Morgan fingerprint density at radius 2 is 1.87 bits per heavy atom. The van der Waals surface area contributed by atoms with Crippen LogP contribution in [0, 0.1) is 6.92 Å². The second kappa shape index (κ2) is 6.27. The van der Waals surface area contributed by atoms with Crippen molar-refractivity contribution in [1.82, 2.24) is 14.8 Å². The number of hydrogen-bond donors (Lipinski definition) is 1. The highest BCUT2D eigenvalue weighted by molar-refractivity contribution is 7.17. The molecule has 0 amide bonds. The predicted octanol–water partition coefficient (Wildman–Crippen LogP) is 3.36. The Morgan fingerprint density at radius 3 is 2.61 bits per heavy atom.